The third-order valence-electron chi connectivity index (χ3n) is 14.2. The number of carbonyl (C=O) groups is 4. The van der Waals surface area contributed by atoms with Crippen LogP contribution in [0, 0.1) is 35.5 Å². The molecule has 7 rings (SSSR count). The van der Waals surface area contributed by atoms with Crippen LogP contribution in [0.25, 0.3) is 10.4 Å². The number of aliphatic hydroxyl groups is 1. The number of nitrogens with one attached hydrogen (secondary N) is 3. The SMILES string of the molecule is Cc1ncsc1-c1ccc(CNC(=O)C2CC(O)CN2C(=O)C(NC(=O)CCOCCOCCOCCNC(=O)C23CC(C)CC(C2)C2(OOC4(CCCCC4)O2)C(C)C3)C(C)(C)C)cc1. The minimum absolute atomic E-state index is 0.00258. The highest BCUT2D eigenvalue weighted by molar-refractivity contribution is 7.13. The van der Waals surface area contributed by atoms with Gasteiger partial charge in [0.05, 0.1) is 67.2 Å². The van der Waals surface area contributed by atoms with E-state index in [2.05, 4.69) is 34.8 Å². The molecule has 8 unspecified atom stereocenters. The van der Waals surface area contributed by atoms with E-state index < -0.39 is 46.5 Å². The minimum atomic E-state index is -0.928. The van der Waals surface area contributed by atoms with Crippen LogP contribution in [0.5, 0.6) is 0 Å². The van der Waals surface area contributed by atoms with Gasteiger partial charge in [-0.25, -0.2) is 4.98 Å². The highest BCUT2D eigenvalue weighted by Gasteiger charge is 2.66. The van der Waals surface area contributed by atoms with Crippen molar-refractivity contribution in [1.29, 1.82) is 0 Å². The number of β-amino-alcohol motifs (C(OH)–C–C–N with tert-alkyl or cyclic N) is 1. The predicted octanol–water partition coefficient (Wildman–Crippen LogP) is 5.58. The van der Waals surface area contributed by atoms with Gasteiger partial charge in [0.1, 0.15) is 12.1 Å². The summed E-state index contributed by atoms with van der Waals surface area (Å²) in [5, 5.41) is 19.5. The van der Waals surface area contributed by atoms with E-state index in [0.717, 1.165) is 66.6 Å². The molecule has 5 fully saturated rings. The van der Waals surface area contributed by atoms with Gasteiger partial charge < -0.3 is 44.9 Å². The number of aryl methyl sites for hydroxylation is 1. The number of nitrogens with zero attached hydrogens (tertiary/aromatic N) is 2. The normalized spacial score (nSPS) is 28.7. The van der Waals surface area contributed by atoms with Crippen molar-refractivity contribution in [2.45, 2.75) is 148 Å². The Kier molecular flexibility index (Phi) is 16.6. The monoisotopic (exact) mass is 940 g/mol. The maximum absolute atomic E-state index is 14.0. The molecule has 1 aromatic heterocycles. The molecule has 2 aliphatic heterocycles. The van der Waals surface area contributed by atoms with Crippen LogP contribution >= 0.6 is 11.3 Å². The summed E-state index contributed by atoms with van der Waals surface area (Å²) in [7, 11) is 0. The number of hydrogen-bond donors (Lipinski definition) is 4. The Balaban J connectivity index is 0.754. The molecule has 366 valence electrons. The first-order valence-corrected chi connectivity index (χ1v) is 25.0. The van der Waals surface area contributed by atoms with Crippen molar-refractivity contribution >= 4 is 35.0 Å². The molecule has 1 aromatic carbocycles. The van der Waals surface area contributed by atoms with Crippen LogP contribution < -0.4 is 16.0 Å². The van der Waals surface area contributed by atoms with Crippen molar-refractivity contribution < 1.29 is 53.0 Å². The smallest absolute Gasteiger partial charge is 0.246 e. The number of rotatable bonds is 19. The molecule has 3 heterocycles. The molecule has 2 aromatic rings. The first-order chi connectivity index (χ1) is 31.5. The van der Waals surface area contributed by atoms with E-state index in [1.807, 2.05) is 57.5 Å². The van der Waals surface area contributed by atoms with E-state index in [-0.39, 0.29) is 68.7 Å². The minimum Gasteiger partial charge on any atom is -0.391 e. The van der Waals surface area contributed by atoms with Gasteiger partial charge in [0.2, 0.25) is 35.2 Å². The zero-order valence-corrected chi connectivity index (χ0v) is 40.6. The lowest BCUT2D eigenvalue weighted by atomic mass is 9.54. The summed E-state index contributed by atoms with van der Waals surface area (Å²) >= 11 is 1.58. The van der Waals surface area contributed by atoms with Gasteiger partial charge in [0.25, 0.3) is 0 Å². The molecule has 66 heavy (non-hydrogen) atoms. The largest absolute Gasteiger partial charge is 0.391 e. The summed E-state index contributed by atoms with van der Waals surface area (Å²) in [6, 6.07) is 6.09. The molecule has 2 saturated heterocycles. The Hall–Kier alpha value is -3.55. The molecule has 8 atom stereocenters. The second-order valence-corrected chi connectivity index (χ2v) is 21.4. The van der Waals surface area contributed by atoms with Crippen molar-refractivity contribution in [2.24, 2.45) is 28.6 Å². The van der Waals surface area contributed by atoms with Gasteiger partial charge in [0, 0.05) is 57.2 Å². The van der Waals surface area contributed by atoms with E-state index in [9.17, 15) is 24.3 Å². The highest BCUT2D eigenvalue weighted by Crippen LogP contribution is 2.62. The molecule has 4 amide bonds. The van der Waals surface area contributed by atoms with Gasteiger partial charge in [0.15, 0.2) is 0 Å². The number of hydrogen-bond acceptors (Lipinski definition) is 13. The number of benzene rings is 1. The zero-order chi connectivity index (χ0) is 47.1. The number of carbonyl (C=O) groups excluding carboxylic acids is 4. The lowest BCUT2D eigenvalue weighted by Gasteiger charge is -2.55. The van der Waals surface area contributed by atoms with Crippen LogP contribution in [0.3, 0.4) is 0 Å². The Morgan fingerprint density at radius 2 is 1.61 bits per heavy atom. The molecule has 3 aliphatic carbocycles. The number of thiazole rings is 1. The topological polar surface area (TPSA) is 196 Å². The van der Waals surface area contributed by atoms with Crippen LogP contribution in [0.4, 0.5) is 0 Å². The van der Waals surface area contributed by atoms with Crippen LogP contribution in [-0.4, -0.2) is 121 Å². The molecular formula is C49H73N5O11S. The molecule has 3 saturated carbocycles. The average Bonchev–Trinajstić information content (AvgIpc) is 4.01. The van der Waals surface area contributed by atoms with Gasteiger partial charge in [-0.1, -0.05) is 65.3 Å². The molecule has 2 bridgehead atoms. The number of aromatic nitrogens is 1. The summed E-state index contributed by atoms with van der Waals surface area (Å²) in [5.74, 6) is -2.01. The summed E-state index contributed by atoms with van der Waals surface area (Å²) in [6.45, 7) is 14.3. The molecular weight excluding hydrogens is 867 g/mol. The molecule has 16 nitrogen and oxygen atoms in total. The van der Waals surface area contributed by atoms with E-state index in [0.29, 0.717) is 45.3 Å². The third-order valence-corrected chi connectivity index (χ3v) is 15.2. The quantitative estimate of drug-likeness (QED) is 0.101. The Morgan fingerprint density at radius 3 is 2.29 bits per heavy atom. The van der Waals surface area contributed by atoms with Crippen molar-refractivity contribution in [3.05, 3.63) is 41.0 Å². The van der Waals surface area contributed by atoms with Gasteiger partial charge in [-0.15, -0.1) is 11.3 Å². The number of aliphatic hydroxyl groups excluding tert-OH is 1. The second-order valence-electron chi connectivity index (χ2n) is 20.6. The van der Waals surface area contributed by atoms with Gasteiger partial charge in [-0.2, -0.15) is 9.78 Å². The lowest BCUT2D eigenvalue weighted by molar-refractivity contribution is -0.382. The summed E-state index contributed by atoms with van der Waals surface area (Å²) in [6.07, 6.45) is 7.54. The van der Waals surface area contributed by atoms with Gasteiger partial charge in [-0.05, 0) is 67.9 Å². The predicted molar refractivity (Wildman–Crippen MR) is 246 cm³/mol. The summed E-state index contributed by atoms with van der Waals surface area (Å²) in [4.78, 5) is 73.2. The fraction of sp³-hybridized carbons (Fsp3) is 0.735. The van der Waals surface area contributed by atoms with E-state index in [1.165, 1.54) is 11.3 Å². The molecule has 17 heteroatoms. The summed E-state index contributed by atoms with van der Waals surface area (Å²) < 4.78 is 23.8. The standard InChI is InChI=1S/C49H73N5O11S/c1-32-24-37-28-47(26-32,27-33(2)49(37)63-48(64-65-49)15-8-7-9-16-48)45(59)50-17-19-61-21-23-62-22-20-60-18-14-40(56)53-42(46(4,5)6)44(58)54-30-38(55)25-39(54)43(57)51-29-35-10-12-36(13-11-35)41-34(3)52-31-66-41/h10-13,31-33,37-39,42,55H,7-9,14-30H2,1-6H3,(H,50,59)(H,51,57)(H,53,56). The molecule has 2 spiro atoms. The summed E-state index contributed by atoms with van der Waals surface area (Å²) in [5.41, 5.74) is 3.60. The van der Waals surface area contributed by atoms with Crippen molar-refractivity contribution in [1.82, 2.24) is 25.8 Å². The number of likely N-dealkylation sites (tertiary alicyclic amines) is 1. The fourth-order valence-corrected chi connectivity index (χ4v) is 11.8. The van der Waals surface area contributed by atoms with Crippen LogP contribution in [-0.2, 0) is 54.4 Å². The van der Waals surface area contributed by atoms with Crippen LogP contribution in [0.1, 0.15) is 117 Å². The Bertz CT molecular complexity index is 1970. The maximum atomic E-state index is 14.0. The number of fused-ring (bicyclic) bond motifs is 3. The lowest BCUT2D eigenvalue weighted by Crippen LogP contribution is -2.60. The zero-order valence-electron chi connectivity index (χ0n) is 39.8. The van der Waals surface area contributed by atoms with E-state index in [1.54, 1.807) is 11.3 Å². The number of amides is 4. The first-order valence-electron chi connectivity index (χ1n) is 24.2. The molecule has 5 aliphatic rings. The van der Waals surface area contributed by atoms with Crippen molar-refractivity contribution in [3.63, 3.8) is 0 Å². The molecule has 4 N–H and O–H groups in total. The first kappa shape index (κ1) is 50.3. The highest BCUT2D eigenvalue weighted by atomic mass is 32.1. The Morgan fingerprint density at radius 1 is 0.909 bits per heavy atom. The van der Waals surface area contributed by atoms with Crippen LogP contribution in [0.2, 0.25) is 0 Å². The van der Waals surface area contributed by atoms with E-state index in [4.69, 9.17) is 28.7 Å². The third kappa shape index (κ3) is 11.8. The fourth-order valence-electron chi connectivity index (χ4n) is 11.0. The van der Waals surface area contributed by atoms with Gasteiger partial charge in [-0.3, -0.25) is 19.2 Å². The van der Waals surface area contributed by atoms with Crippen molar-refractivity contribution in [3.8, 4) is 10.4 Å². The number of ether oxygens (including phenoxy) is 4. The van der Waals surface area contributed by atoms with Crippen molar-refractivity contribution in [2.75, 3.05) is 52.7 Å². The molecule has 0 radical (unpaired) electrons. The van der Waals surface area contributed by atoms with Gasteiger partial charge >= 0.3 is 0 Å². The Labute approximate surface area is 393 Å². The second kappa shape index (κ2) is 21.8. The van der Waals surface area contributed by atoms with E-state index >= 15 is 0 Å². The van der Waals surface area contributed by atoms with Crippen LogP contribution in [0.15, 0.2) is 29.8 Å². The maximum Gasteiger partial charge on any atom is 0.246 e. The average molecular weight is 940 g/mol.